The lowest BCUT2D eigenvalue weighted by molar-refractivity contribution is 0.102. The lowest BCUT2D eigenvalue weighted by atomic mass is 10.1. The zero-order valence-corrected chi connectivity index (χ0v) is 16.2. The second-order valence-corrected chi connectivity index (χ2v) is 7.28. The van der Waals surface area contributed by atoms with Crippen LogP contribution in [-0.2, 0) is 12.2 Å². The van der Waals surface area contributed by atoms with Crippen LogP contribution in [0.1, 0.15) is 41.3 Å². The van der Waals surface area contributed by atoms with E-state index in [0.29, 0.717) is 5.56 Å². The van der Waals surface area contributed by atoms with Gasteiger partial charge in [-0.05, 0) is 48.2 Å². The number of anilines is 1. The van der Waals surface area contributed by atoms with Crippen LogP contribution < -0.4 is 5.32 Å². The molecule has 0 aliphatic heterocycles. The van der Waals surface area contributed by atoms with Crippen molar-refractivity contribution in [3.05, 3.63) is 83.8 Å². The van der Waals surface area contributed by atoms with Crippen LogP contribution in [0, 0.1) is 0 Å². The fourth-order valence-electron chi connectivity index (χ4n) is 2.66. The van der Waals surface area contributed by atoms with Crippen LogP contribution in [0.4, 0.5) is 5.69 Å². The van der Waals surface area contributed by atoms with E-state index < -0.39 is 0 Å². The molecule has 0 fully saturated rings. The molecular formula is C22H23N3OS. The van der Waals surface area contributed by atoms with Crippen molar-refractivity contribution in [2.75, 3.05) is 5.32 Å². The Balaban J connectivity index is 1.59. The van der Waals surface area contributed by atoms with Gasteiger partial charge < -0.3 is 5.32 Å². The maximum Gasteiger partial charge on any atom is 0.255 e. The summed E-state index contributed by atoms with van der Waals surface area (Å²) in [6, 6.07) is 15.8. The quantitative estimate of drug-likeness (QED) is 0.537. The van der Waals surface area contributed by atoms with Gasteiger partial charge in [0.15, 0.2) is 0 Å². The zero-order chi connectivity index (χ0) is 18.9. The van der Waals surface area contributed by atoms with Gasteiger partial charge in [-0.1, -0.05) is 37.6 Å². The minimum absolute atomic E-state index is 0.0948. The summed E-state index contributed by atoms with van der Waals surface area (Å²) in [6.07, 6.45) is 8.53. The minimum Gasteiger partial charge on any atom is -0.322 e. The number of carbonyl (C=O) groups is 1. The van der Waals surface area contributed by atoms with Crippen LogP contribution in [0.25, 0.3) is 0 Å². The van der Waals surface area contributed by atoms with Crippen LogP contribution in [-0.4, -0.2) is 15.9 Å². The van der Waals surface area contributed by atoms with Crippen LogP contribution in [0.2, 0.25) is 0 Å². The summed E-state index contributed by atoms with van der Waals surface area (Å²) < 4.78 is 0. The number of benzene rings is 2. The average Bonchev–Trinajstić information content (AvgIpc) is 2.73. The fourth-order valence-corrected chi connectivity index (χ4v) is 3.42. The molecule has 0 saturated heterocycles. The van der Waals surface area contributed by atoms with E-state index in [1.165, 1.54) is 18.4 Å². The number of aryl methyl sites for hydroxylation is 1. The van der Waals surface area contributed by atoms with Gasteiger partial charge in [0.1, 0.15) is 5.03 Å². The van der Waals surface area contributed by atoms with Crippen molar-refractivity contribution in [1.29, 1.82) is 0 Å². The first-order valence-electron chi connectivity index (χ1n) is 9.12. The molecule has 1 heterocycles. The molecule has 0 aliphatic rings. The summed E-state index contributed by atoms with van der Waals surface area (Å²) in [5, 5.41) is 3.85. The lowest BCUT2D eigenvalue weighted by Crippen LogP contribution is -2.12. The van der Waals surface area contributed by atoms with E-state index in [0.717, 1.165) is 28.5 Å². The van der Waals surface area contributed by atoms with Crippen LogP contribution in [0.15, 0.2) is 72.1 Å². The zero-order valence-electron chi connectivity index (χ0n) is 15.4. The average molecular weight is 378 g/mol. The van der Waals surface area contributed by atoms with Crippen molar-refractivity contribution >= 4 is 23.4 Å². The van der Waals surface area contributed by atoms with Crippen LogP contribution in [0.3, 0.4) is 0 Å². The number of hydrogen-bond donors (Lipinski definition) is 1. The van der Waals surface area contributed by atoms with Gasteiger partial charge in [-0.25, -0.2) is 4.98 Å². The van der Waals surface area contributed by atoms with Gasteiger partial charge in [0.05, 0.1) is 6.20 Å². The summed E-state index contributed by atoms with van der Waals surface area (Å²) in [7, 11) is 0. The van der Waals surface area contributed by atoms with E-state index >= 15 is 0 Å². The molecule has 0 bridgehead atoms. The number of rotatable bonds is 8. The van der Waals surface area contributed by atoms with Gasteiger partial charge in [-0.3, -0.25) is 9.78 Å². The number of amides is 1. The molecule has 2 aromatic carbocycles. The first kappa shape index (κ1) is 19.1. The Kier molecular flexibility index (Phi) is 6.99. The Labute approximate surface area is 164 Å². The highest BCUT2D eigenvalue weighted by Crippen LogP contribution is 2.21. The van der Waals surface area contributed by atoms with E-state index in [4.69, 9.17) is 0 Å². The molecule has 0 saturated carbocycles. The molecule has 3 aromatic rings. The summed E-state index contributed by atoms with van der Waals surface area (Å²) >= 11 is 1.60. The summed E-state index contributed by atoms with van der Waals surface area (Å²) in [6.45, 7) is 2.19. The molecule has 1 amide bonds. The van der Waals surface area contributed by atoms with E-state index in [1.807, 2.05) is 36.4 Å². The Morgan fingerprint density at radius 1 is 1.07 bits per heavy atom. The van der Waals surface area contributed by atoms with Gasteiger partial charge in [-0.15, -0.1) is 11.8 Å². The van der Waals surface area contributed by atoms with Gasteiger partial charge >= 0.3 is 0 Å². The first-order valence-corrected chi connectivity index (χ1v) is 10.1. The lowest BCUT2D eigenvalue weighted by Gasteiger charge is -2.08. The topological polar surface area (TPSA) is 54.9 Å². The smallest absolute Gasteiger partial charge is 0.255 e. The molecule has 1 aromatic heterocycles. The van der Waals surface area contributed by atoms with E-state index in [-0.39, 0.29) is 5.91 Å². The molecule has 27 heavy (non-hydrogen) atoms. The molecule has 0 unspecified atom stereocenters. The number of thioether (sulfide) groups is 1. The predicted octanol–water partition coefficient (Wildman–Crippen LogP) is 5.36. The highest BCUT2D eigenvalue weighted by molar-refractivity contribution is 7.98. The Morgan fingerprint density at radius 3 is 2.67 bits per heavy atom. The van der Waals surface area contributed by atoms with Crippen LogP contribution in [0.5, 0.6) is 0 Å². The summed E-state index contributed by atoms with van der Waals surface area (Å²) in [4.78, 5) is 20.9. The fraction of sp³-hybridized carbons (Fsp3) is 0.227. The van der Waals surface area contributed by atoms with E-state index in [1.54, 1.807) is 30.4 Å². The molecule has 5 heteroatoms. The molecule has 3 rings (SSSR count). The van der Waals surface area contributed by atoms with Gasteiger partial charge in [0.25, 0.3) is 5.91 Å². The maximum absolute atomic E-state index is 12.6. The monoisotopic (exact) mass is 377 g/mol. The van der Waals surface area contributed by atoms with Crippen molar-refractivity contribution in [3.63, 3.8) is 0 Å². The number of unbranched alkanes of at least 4 members (excludes halogenated alkanes) is 1. The molecular weight excluding hydrogens is 354 g/mol. The van der Waals surface area contributed by atoms with Crippen LogP contribution >= 0.6 is 11.8 Å². The summed E-state index contributed by atoms with van der Waals surface area (Å²) in [5.74, 6) is 0.647. The maximum atomic E-state index is 12.6. The number of aromatic nitrogens is 2. The standard InChI is InChI=1S/C22H23N3OS/c1-2-3-5-17-8-10-20(11-9-17)25-22(26)19-7-4-6-18(14-19)16-27-21-15-23-12-13-24-21/h4,6-15H,2-3,5,16H2,1H3,(H,25,26). The second kappa shape index (κ2) is 9.88. The first-order chi connectivity index (χ1) is 13.2. The third-order valence-electron chi connectivity index (χ3n) is 4.15. The van der Waals surface area contributed by atoms with Gasteiger partial charge in [-0.2, -0.15) is 0 Å². The van der Waals surface area contributed by atoms with Crippen molar-refractivity contribution in [2.45, 2.75) is 37.0 Å². The SMILES string of the molecule is CCCCc1ccc(NC(=O)c2cccc(CSc3cnccn3)c2)cc1. The molecule has 0 radical (unpaired) electrons. The molecule has 0 atom stereocenters. The Bertz CT molecular complexity index is 866. The number of carbonyl (C=O) groups excluding carboxylic acids is 1. The largest absolute Gasteiger partial charge is 0.322 e. The molecule has 0 spiro atoms. The Hall–Kier alpha value is -2.66. The second-order valence-electron chi connectivity index (χ2n) is 6.29. The number of nitrogens with one attached hydrogen (secondary N) is 1. The van der Waals surface area contributed by atoms with Crippen molar-refractivity contribution in [1.82, 2.24) is 9.97 Å². The van der Waals surface area contributed by atoms with Crippen molar-refractivity contribution in [2.24, 2.45) is 0 Å². The molecule has 0 aliphatic carbocycles. The highest BCUT2D eigenvalue weighted by atomic mass is 32.2. The molecule has 138 valence electrons. The van der Waals surface area contributed by atoms with Crippen molar-refractivity contribution < 1.29 is 4.79 Å². The normalized spacial score (nSPS) is 10.6. The van der Waals surface area contributed by atoms with E-state index in [2.05, 4.69) is 34.3 Å². The number of nitrogens with zero attached hydrogens (tertiary/aromatic N) is 2. The Morgan fingerprint density at radius 2 is 1.93 bits per heavy atom. The number of hydrogen-bond acceptors (Lipinski definition) is 4. The van der Waals surface area contributed by atoms with Gasteiger partial charge in [0, 0.05) is 29.4 Å². The summed E-state index contributed by atoms with van der Waals surface area (Å²) in [5.41, 5.74) is 3.85. The van der Waals surface area contributed by atoms with Gasteiger partial charge in [0.2, 0.25) is 0 Å². The highest BCUT2D eigenvalue weighted by Gasteiger charge is 2.07. The molecule has 4 nitrogen and oxygen atoms in total. The minimum atomic E-state index is -0.0948. The third-order valence-corrected chi connectivity index (χ3v) is 5.13. The molecule has 1 N–H and O–H groups in total. The van der Waals surface area contributed by atoms with E-state index in [9.17, 15) is 4.79 Å². The van der Waals surface area contributed by atoms with Crippen molar-refractivity contribution in [3.8, 4) is 0 Å². The third kappa shape index (κ3) is 5.93. The predicted molar refractivity (Wildman–Crippen MR) is 111 cm³/mol.